The Hall–Kier alpha value is -2.63. The first-order chi connectivity index (χ1) is 16.2. The molecule has 2 atom stereocenters. The fraction of sp³-hybridized carbons (Fsp3) is 0.654. The number of esters is 2. The summed E-state index contributed by atoms with van der Waals surface area (Å²) in [4.78, 5) is 31.3. The van der Waals surface area contributed by atoms with Gasteiger partial charge in [0, 0.05) is 57.4 Å². The summed E-state index contributed by atoms with van der Waals surface area (Å²) < 4.78 is 10.4. The Labute approximate surface area is 203 Å². The molecule has 34 heavy (non-hydrogen) atoms. The fourth-order valence-corrected chi connectivity index (χ4v) is 5.02. The minimum absolute atomic E-state index is 0.186. The summed E-state index contributed by atoms with van der Waals surface area (Å²) in [6.07, 6.45) is 2.10. The Bertz CT molecular complexity index is 866. The van der Waals surface area contributed by atoms with Crippen LogP contribution in [0.2, 0.25) is 0 Å². The van der Waals surface area contributed by atoms with Gasteiger partial charge in [-0.15, -0.1) is 0 Å². The molecule has 2 fully saturated rings. The average molecular weight is 471 g/mol. The van der Waals surface area contributed by atoms with Crippen molar-refractivity contribution in [2.75, 3.05) is 57.8 Å². The van der Waals surface area contributed by atoms with E-state index in [2.05, 4.69) is 20.8 Å². The molecule has 0 saturated carbocycles. The lowest BCUT2D eigenvalue weighted by atomic mass is 9.86. The molecule has 0 radical (unpaired) electrons. The van der Waals surface area contributed by atoms with Crippen molar-refractivity contribution in [1.82, 2.24) is 9.80 Å². The predicted molar refractivity (Wildman–Crippen MR) is 130 cm³/mol. The summed E-state index contributed by atoms with van der Waals surface area (Å²) in [5, 5.41) is 9.02. The Morgan fingerprint density at radius 3 is 2.32 bits per heavy atom. The van der Waals surface area contributed by atoms with Gasteiger partial charge in [-0.25, -0.2) is 0 Å². The summed E-state index contributed by atoms with van der Waals surface area (Å²) in [6, 6.07) is 10.3. The van der Waals surface area contributed by atoms with Gasteiger partial charge >= 0.3 is 11.9 Å². The number of piperazine rings is 1. The molecule has 0 spiro atoms. The maximum atomic E-state index is 12.4. The lowest BCUT2D eigenvalue weighted by Gasteiger charge is -2.47. The number of methoxy groups -OCH3 is 1. The first kappa shape index (κ1) is 26.0. The van der Waals surface area contributed by atoms with Gasteiger partial charge in [-0.1, -0.05) is 0 Å². The Morgan fingerprint density at radius 1 is 1.06 bits per heavy atom. The SMILES string of the molecule is COC(=O)CCC1CN(CC(=O)OC(C)(C)C)CCC1N1CCN(c2ccc(C#N)cc2)CC1. The molecule has 0 amide bonds. The monoisotopic (exact) mass is 470 g/mol. The summed E-state index contributed by atoms with van der Waals surface area (Å²) in [7, 11) is 1.43. The number of rotatable bonds is 7. The number of nitrogens with zero attached hydrogens (tertiary/aromatic N) is 4. The van der Waals surface area contributed by atoms with E-state index in [9.17, 15) is 9.59 Å². The number of likely N-dealkylation sites (tertiary alicyclic amines) is 1. The van der Waals surface area contributed by atoms with Gasteiger partial charge in [0.25, 0.3) is 0 Å². The van der Waals surface area contributed by atoms with Crippen LogP contribution in [0.1, 0.15) is 45.6 Å². The Morgan fingerprint density at radius 2 is 1.74 bits per heavy atom. The highest BCUT2D eigenvalue weighted by Crippen LogP contribution is 2.28. The smallest absolute Gasteiger partial charge is 0.320 e. The second-order valence-electron chi connectivity index (χ2n) is 10.2. The fourth-order valence-electron chi connectivity index (χ4n) is 5.02. The molecule has 3 rings (SSSR count). The molecule has 0 N–H and O–H groups in total. The number of carbonyl (C=O) groups excluding carboxylic acids is 2. The lowest BCUT2D eigenvalue weighted by Crippen LogP contribution is -2.57. The lowest BCUT2D eigenvalue weighted by molar-refractivity contribution is -0.157. The molecule has 0 aromatic heterocycles. The normalized spacial score (nSPS) is 22.1. The molecule has 2 saturated heterocycles. The van der Waals surface area contributed by atoms with Crippen LogP contribution in [0.4, 0.5) is 5.69 Å². The third kappa shape index (κ3) is 7.44. The van der Waals surface area contributed by atoms with Crippen molar-refractivity contribution in [3.05, 3.63) is 29.8 Å². The first-order valence-electron chi connectivity index (χ1n) is 12.2. The van der Waals surface area contributed by atoms with E-state index in [-0.39, 0.29) is 24.4 Å². The molecule has 8 heteroatoms. The second kappa shape index (κ2) is 11.7. The molecule has 2 aliphatic heterocycles. The highest BCUT2D eigenvalue weighted by atomic mass is 16.6. The predicted octanol–water partition coefficient (Wildman–Crippen LogP) is 2.67. The topological polar surface area (TPSA) is 86.1 Å². The first-order valence-corrected chi connectivity index (χ1v) is 12.2. The molecule has 186 valence electrons. The maximum Gasteiger partial charge on any atom is 0.320 e. The van der Waals surface area contributed by atoms with Crippen LogP contribution >= 0.6 is 0 Å². The van der Waals surface area contributed by atoms with Crippen molar-refractivity contribution in [2.24, 2.45) is 5.92 Å². The largest absolute Gasteiger partial charge is 0.469 e. The number of piperidine rings is 1. The van der Waals surface area contributed by atoms with Crippen LogP contribution < -0.4 is 4.90 Å². The quantitative estimate of drug-likeness (QED) is 0.562. The van der Waals surface area contributed by atoms with Crippen molar-refractivity contribution >= 4 is 17.6 Å². The van der Waals surface area contributed by atoms with Crippen LogP contribution in [0.25, 0.3) is 0 Å². The van der Waals surface area contributed by atoms with Gasteiger partial charge in [-0.05, 0) is 63.8 Å². The van der Waals surface area contributed by atoms with Crippen molar-refractivity contribution < 1.29 is 19.1 Å². The van der Waals surface area contributed by atoms with Crippen molar-refractivity contribution in [3.63, 3.8) is 0 Å². The van der Waals surface area contributed by atoms with E-state index < -0.39 is 5.60 Å². The molecule has 1 aromatic rings. The highest BCUT2D eigenvalue weighted by molar-refractivity contribution is 5.72. The van der Waals surface area contributed by atoms with Crippen LogP contribution in [0.15, 0.2) is 24.3 Å². The third-order valence-corrected chi connectivity index (χ3v) is 6.64. The second-order valence-corrected chi connectivity index (χ2v) is 10.2. The van der Waals surface area contributed by atoms with E-state index in [0.717, 1.165) is 57.8 Å². The summed E-state index contributed by atoms with van der Waals surface area (Å²) in [6.45, 7) is 11.3. The third-order valence-electron chi connectivity index (χ3n) is 6.64. The van der Waals surface area contributed by atoms with Crippen LogP contribution in [0.5, 0.6) is 0 Å². The Balaban J connectivity index is 1.59. The van der Waals surface area contributed by atoms with E-state index in [1.165, 1.54) is 7.11 Å². The van der Waals surface area contributed by atoms with E-state index in [1.807, 2.05) is 45.0 Å². The molecule has 2 unspecified atom stereocenters. The molecule has 8 nitrogen and oxygen atoms in total. The maximum absolute atomic E-state index is 12.4. The molecular formula is C26H38N4O4. The minimum atomic E-state index is -0.492. The number of hydrogen-bond acceptors (Lipinski definition) is 8. The number of carbonyl (C=O) groups is 2. The molecule has 1 aromatic carbocycles. The highest BCUT2D eigenvalue weighted by Gasteiger charge is 2.36. The van der Waals surface area contributed by atoms with Gasteiger partial charge in [0.15, 0.2) is 0 Å². The zero-order valence-electron chi connectivity index (χ0n) is 21.0. The summed E-state index contributed by atoms with van der Waals surface area (Å²) in [5.74, 6) is -0.0981. The molecular weight excluding hydrogens is 432 g/mol. The average Bonchev–Trinajstić information content (AvgIpc) is 2.81. The number of hydrogen-bond donors (Lipinski definition) is 0. The van der Waals surface area contributed by atoms with Crippen LogP contribution in [0, 0.1) is 17.2 Å². The van der Waals surface area contributed by atoms with E-state index >= 15 is 0 Å². The molecule has 2 heterocycles. The van der Waals surface area contributed by atoms with Gasteiger partial charge < -0.3 is 14.4 Å². The van der Waals surface area contributed by atoms with Gasteiger partial charge in [0.05, 0.1) is 25.3 Å². The number of nitriles is 1. The Kier molecular flexibility index (Phi) is 8.92. The molecule has 0 aliphatic carbocycles. The van der Waals surface area contributed by atoms with Crippen molar-refractivity contribution in [2.45, 2.75) is 51.7 Å². The zero-order valence-corrected chi connectivity index (χ0v) is 21.0. The zero-order chi connectivity index (χ0) is 24.7. The van der Waals surface area contributed by atoms with Gasteiger partial charge in [-0.2, -0.15) is 5.26 Å². The number of benzene rings is 1. The van der Waals surface area contributed by atoms with E-state index in [0.29, 0.717) is 18.0 Å². The molecule has 2 aliphatic rings. The van der Waals surface area contributed by atoms with Crippen molar-refractivity contribution in [1.29, 1.82) is 5.26 Å². The van der Waals surface area contributed by atoms with Crippen LogP contribution in [-0.4, -0.2) is 86.3 Å². The summed E-state index contributed by atoms with van der Waals surface area (Å²) >= 11 is 0. The van der Waals surface area contributed by atoms with Crippen molar-refractivity contribution in [3.8, 4) is 6.07 Å². The van der Waals surface area contributed by atoms with Gasteiger partial charge in [-0.3, -0.25) is 19.4 Å². The van der Waals surface area contributed by atoms with Crippen LogP contribution in [-0.2, 0) is 19.1 Å². The van der Waals surface area contributed by atoms with E-state index in [4.69, 9.17) is 14.7 Å². The molecule has 0 bridgehead atoms. The number of ether oxygens (including phenoxy) is 2. The van der Waals surface area contributed by atoms with Crippen LogP contribution in [0.3, 0.4) is 0 Å². The van der Waals surface area contributed by atoms with Gasteiger partial charge in [0.1, 0.15) is 5.60 Å². The van der Waals surface area contributed by atoms with Gasteiger partial charge in [0.2, 0.25) is 0 Å². The minimum Gasteiger partial charge on any atom is -0.469 e. The number of anilines is 1. The standard InChI is InChI=1S/C26H38N4O4/c1-26(2,3)34-25(32)19-28-12-11-23(21(18-28)7-10-24(31)33-4)30-15-13-29(14-16-30)22-8-5-20(17-27)6-9-22/h5-6,8-9,21,23H,7,10-16,18-19H2,1-4H3. The van der Waals surface area contributed by atoms with E-state index in [1.54, 1.807) is 0 Å². The summed E-state index contributed by atoms with van der Waals surface area (Å²) in [5.41, 5.74) is 1.33.